The van der Waals surface area contributed by atoms with Gasteiger partial charge in [-0.15, -0.1) is 0 Å². The summed E-state index contributed by atoms with van der Waals surface area (Å²) in [5, 5.41) is 0. The Morgan fingerprint density at radius 3 is 2.69 bits per heavy atom. The average Bonchev–Trinajstić information content (AvgIpc) is 2.98. The van der Waals surface area contributed by atoms with Gasteiger partial charge in [-0.25, -0.2) is 0 Å². The standard InChI is InChI=1S/C10H19NO2/c1-2-4-11(5-3-1)6-7-12-8-10-9-13-10/h10H,1-9H2. The zero-order valence-electron chi connectivity index (χ0n) is 8.21. The molecule has 0 saturated carbocycles. The molecule has 2 aliphatic heterocycles. The van der Waals surface area contributed by atoms with E-state index in [0.29, 0.717) is 6.10 Å². The highest BCUT2D eigenvalue weighted by Gasteiger charge is 2.22. The van der Waals surface area contributed by atoms with Crippen LogP contribution in [0, 0.1) is 0 Å². The Morgan fingerprint density at radius 2 is 2.00 bits per heavy atom. The van der Waals surface area contributed by atoms with E-state index in [9.17, 15) is 0 Å². The number of piperidine rings is 1. The minimum absolute atomic E-state index is 0.418. The van der Waals surface area contributed by atoms with Gasteiger partial charge < -0.3 is 14.4 Å². The summed E-state index contributed by atoms with van der Waals surface area (Å²) >= 11 is 0. The first-order valence-electron chi connectivity index (χ1n) is 5.37. The highest BCUT2D eigenvalue weighted by atomic mass is 16.6. The molecule has 2 aliphatic rings. The zero-order chi connectivity index (χ0) is 8.93. The maximum absolute atomic E-state index is 5.49. The molecule has 0 amide bonds. The van der Waals surface area contributed by atoms with Crippen molar-refractivity contribution in [3.8, 4) is 0 Å². The van der Waals surface area contributed by atoms with E-state index in [1.54, 1.807) is 0 Å². The third-order valence-corrected chi connectivity index (χ3v) is 2.71. The first kappa shape index (κ1) is 9.44. The van der Waals surface area contributed by atoms with Crippen LogP contribution in [0.25, 0.3) is 0 Å². The second-order valence-electron chi connectivity index (χ2n) is 3.93. The van der Waals surface area contributed by atoms with E-state index in [2.05, 4.69) is 4.90 Å². The van der Waals surface area contributed by atoms with Crippen LogP contribution in [0.2, 0.25) is 0 Å². The molecule has 0 aromatic heterocycles. The Labute approximate surface area is 80.0 Å². The van der Waals surface area contributed by atoms with Gasteiger partial charge in [0, 0.05) is 6.54 Å². The van der Waals surface area contributed by atoms with Crippen molar-refractivity contribution in [3.63, 3.8) is 0 Å². The highest BCUT2D eigenvalue weighted by Crippen LogP contribution is 2.10. The molecular formula is C10H19NO2. The van der Waals surface area contributed by atoms with Crippen molar-refractivity contribution in [2.45, 2.75) is 25.4 Å². The van der Waals surface area contributed by atoms with Gasteiger partial charge in [-0.2, -0.15) is 0 Å². The average molecular weight is 185 g/mol. The Bertz CT molecular complexity index is 142. The molecule has 3 heteroatoms. The summed E-state index contributed by atoms with van der Waals surface area (Å²) in [5.74, 6) is 0. The molecule has 0 aromatic carbocycles. The van der Waals surface area contributed by atoms with Crippen LogP contribution in [0.4, 0.5) is 0 Å². The molecule has 2 rings (SSSR count). The van der Waals surface area contributed by atoms with Gasteiger partial charge in [0.05, 0.1) is 19.8 Å². The fraction of sp³-hybridized carbons (Fsp3) is 1.00. The lowest BCUT2D eigenvalue weighted by Crippen LogP contribution is -2.32. The van der Waals surface area contributed by atoms with E-state index in [-0.39, 0.29) is 0 Å². The Kier molecular flexibility index (Phi) is 3.58. The molecule has 1 atom stereocenters. The van der Waals surface area contributed by atoms with Crippen LogP contribution in [0.15, 0.2) is 0 Å². The topological polar surface area (TPSA) is 25.0 Å². The predicted octanol–water partition coefficient (Wildman–Crippen LogP) is 0.888. The monoisotopic (exact) mass is 185 g/mol. The van der Waals surface area contributed by atoms with Gasteiger partial charge in [-0.1, -0.05) is 6.42 Å². The molecule has 3 nitrogen and oxygen atoms in total. The number of likely N-dealkylation sites (tertiary alicyclic amines) is 1. The molecule has 13 heavy (non-hydrogen) atoms. The molecule has 0 bridgehead atoms. The molecule has 0 radical (unpaired) electrons. The quantitative estimate of drug-likeness (QED) is 0.470. The van der Waals surface area contributed by atoms with Crippen LogP contribution in [-0.4, -0.2) is 50.5 Å². The fourth-order valence-electron chi connectivity index (χ4n) is 1.76. The summed E-state index contributed by atoms with van der Waals surface area (Å²) in [6, 6.07) is 0. The van der Waals surface area contributed by atoms with Gasteiger partial charge in [-0.05, 0) is 25.9 Å². The van der Waals surface area contributed by atoms with Crippen molar-refractivity contribution in [1.82, 2.24) is 4.90 Å². The largest absolute Gasteiger partial charge is 0.377 e. The molecular weight excluding hydrogens is 166 g/mol. The molecule has 1 unspecified atom stereocenters. The van der Waals surface area contributed by atoms with Crippen LogP contribution >= 0.6 is 0 Å². The van der Waals surface area contributed by atoms with Crippen LogP contribution in [-0.2, 0) is 9.47 Å². The second-order valence-corrected chi connectivity index (χ2v) is 3.93. The number of hydrogen-bond donors (Lipinski definition) is 0. The van der Waals surface area contributed by atoms with Gasteiger partial charge in [0.25, 0.3) is 0 Å². The SMILES string of the molecule is C1CCN(CCOCC2CO2)CC1. The summed E-state index contributed by atoms with van der Waals surface area (Å²) in [6.45, 7) is 6.22. The molecule has 2 saturated heterocycles. The van der Waals surface area contributed by atoms with E-state index < -0.39 is 0 Å². The zero-order valence-corrected chi connectivity index (χ0v) is 8.21. The second kappa shape index (κ2) is 4.94. The molecule has 2 heterocycles. The van der Waals surface area contributed by atoms with E-state index in [1.165, 1.54) is 32.4 Å². The number of nitrogens with zero attached hydrogens (tertiary/aromatic N) is 1. The van der Waals surface area contributed by atoms with E-state index in [4.69, 9.17) is 9.47 Å². The lowest BCUT2D eigenvalue weighted by molar-refractivity contribution is 0.0855. The first-order valence-corrected chi connectivity index (χ1v) is 5.37. The van der Waals surface area contributed by atoms with Gasteiger partial charge in [0.15, 0.2) is 0 Å². The van der Waals surface area contributed by atoms with Crippen LogP contribution < -0.4 is 0 Å². The number of epoxide rings is 1. The number of ether oxygens (including phenoxy) is 2. The van der Waals surface area contributed by atoms with Crippen LogP contribution in [0.1, 0.15) is 19.3 Å². The molecule has 0 aliphatic carbocycles. The Morgan fingerprint density at radius 1 is 1.23 bits per heavy atom. The smallest absolute Gasteiger partial charge is 0.104 e. The molecule has 0 spiro atoms. The molecule has 0 aromatic rings. The van der Waals surface area contributed by atoms with Crippen molar-refractivity contribution in [1.29, 1.82) is 0 Å². The normalized spacial score (nSPS) is 29.1. The maximum atomic E-state index is 5.49. The molecule has 0 N–H and O–H groups in total. The maximum Gasteiger partial charge on any atom is 0.104 e. The van der Waals surface area contributed by atoms with E-state index >= 15 is 0 Å². The highest BCUT2D eigenvalue weighted by molar-refractivity contribution is 4.68. The predicted molar refractivity (Wildman–Crippen MR) is 50.9 cm³/mol. The lowest BCUT2D eigenvalue weighted by Gasteiger charge is -2.25. The van der Waals surface area contributed by atoms with E-state index in [1.807, 2.05) is 0 Å². The third-order valence-electron chi connectivity index (χ3n) is 2.71. The minimum atomic E-state index is 0.418. The van der Waals surface area contributed by atoms with Gasteiger partial charge >= 0.3 is 0 Å². The van der Waals surface area contributed by atoms with Gasteiger partial charge in [0.1, 0.15) is 6.10 Å². The Hall–Kier alpha value is -0.120. The summed E-state index contributed by atoms with van der Waals surface area (Å²) in [6.07, 6.45) is 4.56. The third kappa shape index (κ3) is 3.63. The molecule has 2 fully saturated rings. The first-order chi connectivity index (χ1) is 6.45. The van der Waals surface area contributed by atoms with Crippen LogP contribution in [0.5, 0.6) is 0 Å². The van der Waals surface area contributed by atoms with Gasteiger partial charge in [0.2, 0.25) is 0 Å². The number of rotatable bonds is 5. The molecule has 76 valence electrons. The summed E-state index contributed by atoms with van der Waals surface area (Å²) in [4.78, 5) is 2.50. The minimum Gasteiger partial charge on any atom is -0.377 e. The van der Waals surface area contributed by atoms with Crippen molar-refractivity contribution in [2.75, 3.05) is 39.5 Å². The van der Waals surface area contributed by atoms with Crippen molar-refractivity contribution >= 4 is 0 Å². The van der Waals surface area contributed by atoms with Gasteiger partial charge in [-0.3, -0.25) is 0 Å². The summed E-state index contributed by atoms with van der Waals surface area (Å²) in [5.41, 5.74) is 0. The Balaban J connectivity index is 1.46. The summed E-state index contributed by atoms with van der Waals surface area (Å²) < 4.78 is 10.6. The van der Waals surface area contributed by atoms with Crippen molar-refractivity contribution in [2.24, 2.45) is 0 Å². The lowest BCUT2D eigenvalue weighted by atomic mass is 10.1. The van der Waals surface area contributed by atoms with Crippen molar-refractivity contribution < 1.29 is 9.47 Å². The summed E-state index contributed by atoms with van der Waals surface area (Å²) in [7, 11) is 0. The van der Waals surface area contributed by atoms with E-state index in [0.717, 1.165) is 26.4 Å². The number of hydrogen-bond acceptors (Lipinski definition) is 3. The van der Waals surface area contributed by atoms with Crippen LogP contribution in [0.3, 0.4) is 0 Å². The fourth-order valence-corrected chi connectivity index (χ4v) is 1.76. The van der Waals surface area contributed by atoms with Crippen molar-refractivity contribution in [3.05, 3.63) is 0 Å².